The molecule has 1 aliphatic rings. The van der Waals surface area contributed by atoms with Crippen LogP contribution in [0.25, 0.3) is 0 Å². The van der Waals surface area contributed by atoms with Gasteiger partial charge in [-0.05, 0) is 48.5 Å². The quantitative estimate of drug-likeness (QED) is 0.867. The lowest BCUT2D eigenvalue weighted by Crippen LogP contribution is -2.47. The highest BCUT2D eigenvalue weighted by Gasteiger charge is 2.34. The number of hydrogen-bond donors (Lipinski definition) is 1. The van der Waals surface area contributed by atoms with Crippen molar-refractivity contribution in [2.24, 2.45) is 17.1 Å². The topological polar surface area (TPSA) is 42.2 Å². The van der Waals surface area contributed by atoms with Gasteiger partial charge in [0.1, 0.15) is 0 Å². The molecule has 1 aliphatic heterocycles. The van der Waals surface area contributed by atoms with Gasteiger partial charge in [-0.15, -0.1) is 0 Å². The third kappa shape index (κ3) is 3.05. The monoisotopic (exact) mass is 233 g/mol. The second-order valence-electron chi connectivity index (χ2n) is 5.76. The molecule has 0 aliphatic carbocycles. The molecule has 1 fully saturated rings. The molecular formula is C14H23N3. The Bertz CT molecular complexity index is 348. The van der Waals surface area contributed by atoms with Crippen LogP contribution in [0.5, 0.6) is 0 Å². The average Bonchev–Trinajstić information content (AvgIpc) is 2.33. The standard InChI is InChI=1S/C14H23N3/c1-14(2)5-8-17(11-13(14)9-15)10-12-3-6-16-7-4-12/h3-4,6-7,13H,5,8-11,15H2,1-2H3. The maximum absolute atomic E-state index is 5.90. The van der Waals surface area contributed by atoms with Gasteiger partial charge < -0.3 is 5.73 Å². The number of rotatable bonds is 3. The van der Waals surface area contributed by atoms with Crippen LogP contribution in [0.3, 0.4) is 0 Å². The normalized spacial score (nSPS) is 24.8. The molecule has 94 valence electrons. The Kier molecular flexibility index (Phi) is 3.79. The lowest BCUT2D eigenvalue weighted by molar-refractivity contribution is 0.0606. The lowest BCUT2D eigenvalue weighted by atomic mass is 9.73. The molecule has 3 nitrogen and oxygen atoms in total. The smallest absolute Gasteiger partial charge is 0.0271 e. The van der Waals surface area contributed by atoms with E-state index in [1.54, 1.807) is 0 Å². The van der Waals surface area contributed by atoms with E-state index in [2.05, 4.69) is 35.9 Å². The van der Waals surface area contributed by atoms with E-state index in [0.717, 1.165) is 19.6 Å². The number of pyridine rings is 1. The summed E-state index contributed by atoms with van der Waals surface area (Å²) in [6.07, 6.45) is 4.97. The maximum Gasteiger partial charge on any atom is 0.0271 e. The second-order valence-corrected chi connectivity index (χ2v) is 5.76. The van der Waals surface area contributed by atoms with Crippen LogP contribution in [0.1, 0.15) is 25.8 Å². The van der Waals surface area contributed by atoms with Crippen LogP contribution in [0, 0.1) is 11.3 Å². The number of aromatic nitrogens is 1. The molecule has 1 unspecified atom stereocenters. The van der Waals surface area contributed by atoms with Gasteiger partial charge in [-0.25, -0.2) is 0 Å². The van der Waals surface area contributed by atoms with Gasteiger partial charge in [0.25, 0.3) is 0 Å². The van der Waals surface area contributed by atoms with E-state index >= 15 is 0 Å². The van der Waals surface area contributed by atoms with E-state index in [0.29, 0.717) is 11.3 Å². The average molecular weight is 233 g/mol. The first-order valence-corrected chi connectivity index (χ1v) is 6.43. The molecule has 0 aromatic carbocycles. The zero-order chi connectivity index (χ0) is 12.3. The zero-order valence-corrected chi connectivity index (χ0v) is 10.9. The molecule has 3 heteroatoms. The fraction of sp³-hybridized carbons (Fsp3) is 0.643. The Labute approximate surface area is 104 Å². The summed E-state index contributed by atoms with van der Waals surface area (Å²) in [4.78, 5) is 6.57. The highest BCUT2D eigenvalue weighted by Crippen LogP contribution is 2.35. The number of piperidine rings is 1. The molecule has 0 spiro atoms. The van der Waals surface area contributed by atoms with Crippen molar-refractivity contribution in [1.29, 1.82) is 0 Å². The van der Waals surface area contributed by atoms with Crippen LogP contribution >= 0.6 is 0 Å². The molecule has 0 radical (unpaired) electrons. The zero-order valence-electron chi connectivity index (χ0n) is 10.9. The fourth-order valence-electron chi connectivity index (χ4n) is 2.58. The van der Waals surface area contributed by atoms with E-state index in [1.807, 2.05) is 12.4 Å². The van der Waals surface area contributed by atoms with Gasteiger partial charge in [0.05, 0.1) is 0 Å². The van der Waals surface area contributed by atoms with Gasteiger partial charge >= 0.3 is 0 Å². The van der Waals surface area contributed by atoms with E-state index in [4.69, 9.17) is 5.73 Å². The molecule has 0 bridgehead atoms. The van der Waals surface area contributed by atoms with Crippen LogP contribution in [-0.4, -0.2) is 29.5 Å². The summed E-state index contributed by atoms with van der Waals surface area (Å²) in [5.74, 6) is 0.609. The third-order valence-corrected chi connectivity index (χ3v) is 4.10. The Balaban J connectivity index is 1.96. The Morgan fingerprint density at radius 2 is 2.12 bits per heavy atom. The highest BCUT2D eigenvalue weighted by atomic mass is 15.1. The van der Waals surface area contributed by atoms with Crippen LogP contribution in [-0.2, 0) is 6.54 Å². The minimum atomic E-state index is 0.392. The van der Waals surface area contributed by atoms with Crippen molar-refractivity contribution in [3.8, 4) is 0 Å². The van der Waals surface area contributed by atoms with Crippen LogP contribution in [0.15, 0.2) is 24.5 Å². The predicted octanol–water partition coefficient (Wildman–Crippen LogP) is 1.89. The Morgan fingerprint density at radius 3 is 2.76 bits per heavy atom. The van der Waals surface area contributed by atoms with E-state index < -0.39 is 0 Å². The SMILES string of the molecule is CC1(C)CCN(Cc2ccncc2)CC1CN. The summed E-state index contributed by atoms with van der Waals surface area (Å²) in [6.45, 7) is 8.79. The summed E-state index contributed by atoms with van der Waals surface area (Å²) in [7, 11) is 0. The predicted molar refractivity (Wildman–Crippen MR) is 70.5 cm³/mol. The first-order chi connectivity index (χ1) is 8.12. The van der Waals surface area contributed by atoms with Gasteiger partial charge in [-0.1, -0.05) is 13.8 Å². The van der Waals surface area contributed by atoms with E-state index in [9.17, 15) is 0 Å². The lowest BCUT2D eigenvalue weighted by Gasteiger charge is -2.43. The second kappa shape index (κ2) is 5.15. The molecule has 2 heterocycles. The molecule has 1 saturated heterocycles. The van der Waals surface area contributed by atoms with Crippen molar-refractivity contribution >= 4 is 0 Å². The summed E-state index contributed by atoms with van der Waals surface area (Å²) >= 11 is 0. The van der Waals surface area contributed by atoms with Crippen LogP contribution in [0.4, 0.5) is 0 Å². The van der Waals surface area contributed by atoms with Crippen LogP contribution < -0.4 is 5.73 Å². The first-order valence-electron chi connectivity index (χ1n) is 6.43. The molecule has 1 aromatic heterocycles. The molecule has 1 aromatic rings. The minimum Gasteiger partial charge on any atom is -0.330 e. The highest BCUT2D eigenvalue weighted by molar-refractivity contribution is 5.09. The van der Waals surface area contributed by atoms with Crippen molar-refractivity contribution in [2.75, 3.05) is 19.6 Å². The molecule has 2 N–H and O–H groups in total. The molecule has 0 amide bonds. The Hall–Kier alpha value is -0.930. The van der Waals surface area contributed by atoms with E-state index in [-0.39, 0.29) is 0 Å². The van der Waals surface area contributed by atoms with Crippen LogP contribution in [0.2, 0.25) is 0 Å². The third-order valence-electron chi connectivity index (χ3n) is 4.10. The van der Waals surface area contributed by atoms with Crippen molar-refractivity contribution in [1.82, 2.24) is 9.88 Å². The summed E-state index contributed by atoms with van der Waals surface area (Å²) in [6, 6.07) is 4.19. The summed E-state index contributed by atoms with van der Waals surface area (Å²) in [5, 5.41) is 0. The van der Waals surface area contributed by atoms with Gasteiger partial charge in [0.15, 0.2) is 0 Å². The molecular weight excluding hydrogens is 210 g/mol. The largest absolute Gasteiger partial charge is 0.330 e. The summed E-state index contributed by atoms with van der Waals surface area (Å²) in [5.41, 5.74) is 7.63. The van der Waals surface area contributed by atoms with Gasteiger partial charge in [0.2, 0.25) is 0 Å². The molecule has 2 rings (SSSR count). The molecule has 17 heavy (non-hydrogen) atoms. The molecule has 1 atom stereocenters. The number of nitrogens with zero attached hydrogens (tertiary/aromatic N) is 2. The summed E-state index contributed by atoms with van der Waals surface area (Å²) < 4.78 is 0. The van der Waals surface area contributed by atoms with Gasteiger partial charge in [-0.3, -0.25) is 9.88 Å². The number of likely N-dealkylation sites (tertiary alicyclic amines) is 1. The number of hydrogen-bond acceptors (Lipinski definition) is 3. The minimum absolute atomic E-state index is 0.392. The van der Waals surface area contributed by atoms with Crippen molar-refractivity contribution in [3.05, 3.63) is 30.1 Å². The maximum atomic E-state index is 5.90. The van der Waals surface area contributed by atoms with Crippen molar-refractivity contribution in [3.63, 3.8) is 0 Å². The number of nitrogens with two attached hydrogens (primary N) is 1. The van der Waals surface area contributed by atoms with Gasteiger partial charge in [0, 0.05) is 25.5 Å². The fourth-order valence-corrected chi connectivity index (χ4v) is 2.58. The van der Waals surface area contributed by atoms with Crippen molar-refractivity contribution < 1.29 is 0 Å². The van der Waals surface area contributed by atoms with E-state index in [1.165, 1.54) is 18.5 Å². The van der Waals surface area contributed by atoms with Gasteiger partial charge in [-0.2, -0.15) is 0 Å². The van der Waals surface area contributed by atoms with Crippen molar-refractivity contribution in [2.45, 2.75) is 26.8 Å². The Morgan fingerprint density at radius 1 is 1.41 bits per heavy atom. The molecule has 0 saturated carbocycles. The first kappa shape index (κ1) is 12.5.